The molecule has 1 aromatic carbocycles. The summed E-state index contributed by atoms with van der Waals surface area (Å²) in [7, 11) is 2.23. The van der Waals surface area contributed by atoms with Gasteiger partial charge in [-0.05, 0) is 18.2 Å². The lowest BCUT2D eigenvalue weighted by Gasteiger charge is -2.51. The van der Waals surface area contributed by atoms with Gasteiger partial charge in [0.05, 0.1) is 37.1 Å². The molecule has 26 heavy (non-hydrogen) atoms. The van der Waals surface area contributed by atoms with E-state index in [4.69, 9.17) is 4.74 Å². The van der Waals surface area contributed by atoms with Crippen LogP contribution in [0.15, 0.2) is 23.7 Å². The van der Waals surface area contributed by atoms with Crippen molar-refractivity contribution in [3.8, 4) is 10.4 Å². The van der Waals surface area contributed by atoms with E-state index in [9.17, 15) is 13.6 Å². The highest BCUT2D eigenvalue weighted by atomic mass is 32.1. The van der Waals surface area contributed by atoms with Crippen LogP contribution in [0.2, 0.25) is 0 Å². The average molecular weight is 380 g/mol. The SMILES string of the molecule is C[N+]12CCC(OC(=O)Nc3ncsc3-c3cc(F)ccc3F)(CC1)CC2. The van der Waals surface area contributed by atoms with Gasteiger partial charge in [-0.1, -0.05) is 0 Å². The Balaban J connectivity index is 1.50. The molecule has 3 aliphatic rings. The molecule has 0 aliphatic carbocycles. The third-order valence-corrected chi connectivity index (χ3v) is 6.45. The molecule has 138 valence electrons. The number of carbonyl (C=O) groups is 1. The van der Waals surface area contributed by atoms with Crippen molar-refractivity contribution in [2.75, 3.05) is 32.0 Å². The number of benzene rings is 1. The predicted octanol–water partition coefficient (Wildman–Crippen LogP) is 4.02. The number of amides is 1. The molecule has 2 aromatic rings. The summed E-state index contributed by atoms with van der Waals surface area (Å²) in [6, 6.07) is 3.21. The number of quaternary nitrogens is 1. The Kier molecular flexibility index (Phi) is 4.19. The Labute approximate surface area is 154 Å². The zero-order valence-electron chi connectivity index (χ0n) is 14.4. The molecule has 4 heterocycles. The fourth-order valence-electron chi connectivity index (χ4n) is 3.80. The van der Waals surface area contributed by atoms with Crippen molar-refractivity contribution in [2.45, 2.75) is 24.9 Å². The first-order valence-electron chi connectivity index (χ1n) is 8.61. The van der Waals surface area contributed by atoms with Gasteiger partial charge in [0.1, 0.15) is 17.2 Å². The molecule has 8 heteroatoms. The highest BCUT2D eigenvalue weighted by molar-refractivity contribution is 7.13. The number of carbonyl (C=O) groups excluding carboxylic acids is 1. The second kappa shape index (κ2) is 6.28. The Bertz CT molecular complexity index is 830. The molecule has 3 saturated heterocycles. The highest BCUT2D eigenvalue weighted by Gasteiger charge is 2.49. The van der Waals surface area contributed by atoms with Crippen molar-refractivity contribution >= 4 is 23.2 Å². The van der Waals surface area contributed by atoms with Gasteiger partial charge in [-0.3, -0.25) is 5.32 Å². The number of nitrogens with one attached hydrogen (secondary N) is 1. The first kappa shape index (κ1) is 17.4. The predicted molar refractivity (Wildman–Crippen MR) is 94.9 cm³/mol. The maximum atomic E-state index is 14.0. The molecule has 1 amide bonds. The average Bonchev–Trinajstić information content (AvgIpc) is 3.06. The van der Waals surface area contributed by atoms with Crippen LogP contribution < -0.4 is 5.32 Å². The number of piperidine rings is 3. The van der Waals surface area contributed by atoms with Gasteiger partial charge in [-0.25, -0.2) is 18.6 Å². The maximum Gasteiger partial charge on any atom is 0.413 e. The molecule has 5 rings (SSSR count). The lowest BCUT2D eigenvalue weighted by atomic mass is 9.81. The highest BCUT2D eigenvalue weighted by Crippen LogP contribution is 2.39. The Hall–Kier alpha value is -2.06. The van der Waals surface area contributed by atoms with Gasteiger partial charge in [-0.15, -0.1) is 11.3 Å². The molecule has 3 aliphatic heterocycles. The number of ether oxygens (including phenoxy) is 1. The van der Waals surface area contributed by atoms with Crippen LogP contribution in [0.3, 0.4) is 0 Å². The normalized spacial score (nSPS) is 27.3. The maximum absolute atomic E-state index is 14.0. The number of thiazole rings is 1. The van der Waals surface area contributed by atoms with Crippen LogP contribution in [0.4, 0.5) is 19.4 Å². The zero-order valence-corrected chi connectivity index (χ0v) is 15.2. The number of hydrogen-bond acceptors (Lipinski definition) is 4. The molecule has 0 unspecified atom stereocenters. The van der Waals surface area contributed by atoms with Crippen LogP contribution in [0.25, 0.3) is 10.4 Å². The number of anilines is 1. The molecule has 0 atom stereocenters. The van der Waals surface area contributed by atoms with Crippen molar-refractivity contribution < 1.29 is 22.8 Å². The van der Waals surface area contributed by atoms with Gasteiger partial charge in [0, 0.05) is 24.8 Å². The van der Waals surface area contributed by atoms with Crippen molar-refractivity contribution in [1.82, 2.24) is 4.98 Å². The second-order valence-corrected chi connectivity index (χ2v) is 8.25. The lowest BCUT2D eigenvalue weighted by molar-refractivity contribution is -0.926. The van der Waals surface area contributed by atoms with E-state index in [0.717, 1.165) is 72.9 Å². The van der Waals surface area contributed by atoms with Gasteiger partial charge in [0.15, 0.2) is 5.82 Å². The third kappa shape index (κ3) is 3.19. The summed E-state index contributed by atoms with van der Waals surface area (Å²) in [6.45, 7) is 3.01. The second-order valence-electron chi connectivity index (χ2n) is 7.39. The van der Waals surface area contributed by atoms with E-state index in [2.05, 4.69) is 17.3 Å². The molecule has 2 bridgehead atoms. The molecule has 1 aromatic heterocycles. The molecule has 3 fully saturated rings. The van der Waals surface area contributed by atoms with E-state index in [0.29, 0.717) is 4.88 Å². The monoisotopic (exact) mass is 380 g/mol. The van der Waals surface area contributed by atoms with Gasteiger partial charge in [0.25, 0.3) is 0 Å². The van der Waals surface area contributed by atoms with Gasteiger partial charge < -0.3 is 9.22 Å². The third-order valence-electron chi connectivity index (χ3n) is 5.59. The summed E-state index contributed by atoms with van der Waals surface area (Å²) in [4.78, 5) is 16.9. The minimum absolute atomic E-state index is 0.0735. The van der Waals surface area contributed by atoms with Gasteiger partial charge in [0.2, 0.25) is 0 Å². The molecular weight excluding hydrogens is 360 g/mol. The number of nitrogens with zero attached hydrogens (tertiary/aromatic N) is 2. The van der Waals surface area contributed by atoms with E-state index in [1.165, 1.54) is 5.51 Å². The summed E-state index contributed by atoms with van der Waals surface area (Å²) >= 11 is 1.14. The van der Waals surface area contributed by atoms with E-state index >= 15 is 0 Å². The molecular formula is C18H20F2N3O2S+. The molecule has 5 nitrogen and oxygen atoms in total. The quantitative estimate of drug-likeness (QED) is 0.819. The number of halogens is 2. The fraction of sp³-hybridized carbons (Fsp3) is 0.444. The Morgan fingerprint density at radius 1 is 1.27 bits per heavy atom. The van der Waals surface area contributed by atoms with Crippen LogP contribution in [0.1, 0.15) is 19.3 Å². The fourth-order valence-corrected chi connectivity index (χ4v) is 4.56. The van der Waals surface area contributed by atoms with Crippen LogP contribution >= 0.6 is 11.3 Å². The van der Waals surface area contributed by atoms with E-state index in [1.54, 1.807) is 0 Å². The smallest absolute Gasteiger partial charge is 0.413 e. The minimum atomic E-state index is -0.591. The molecule has 0 spiro atoms. The van der Waals surface area contributed by atoms with Gasteiger partial charge >= 0.3 is 6.09 Å². The van der Waals surface area contributed by atoms with E-state index in [1.807, 2.05) is 0 Å². The lowest BCUT2D eigenvalue weighted by Crippen LogP contribution is -2.63. The largest absolute Gasteiger partial charge is 0.442 e. The molecule has 0 saturated carbocycles. The van der Waals surface area contributed by atoms with Gasteiger partial charge in [-0.2, -0.15) is 0 Å². The minimum Gasteiger partial charge on any atom is -0.442 e. The van der Waals surface area contributed by atoms with Crippen molar-refractivity contribution in [2.24, 2.45) is 0 Å². The van der Waals surface area contributed by atoms with E-state index in [-0.39, 0.29) is 11.4 Å². The Morgan fingerprint density at radius 3 is 2.65 bits per heavy atom. The topological polar surface area (TPSA) is 51.2 Å². The Morgan fingerprint density at radius 2 is 1.96 bits per heavy atom. The van der Waals surface area contributed by atoms with Crippen molar-refractivity contribution in [1.29, 1.82) is 0 Å². The number of aromatic nitrogens is 1. The zero-order chi connectivity index (χ0) is 18.4. The van der Waals surface area contributed by atoms with Crippen LogP contribution in [0.5, 0.6) is 0 Å². The van der Waals surface area contributed by atoms with Crippen molar-refractivity contribution in [3.05, 3.63) is 35.3 Å². The van der Waals surface area contributed by atoms with Crippen LogP contribution in [-0.2, 0) is 4.74 Å². The summed E-state index contributed by atoms with van der Waals surface area (Å²) in [5.41, 5.74) is 1.14. The summed E-state index contributed by atoms with van der Waals surface area (Å²) in [5.74, 6) is -0.928. The number of fused-ring (bicyclic) bond motifs is 3. The summed E-state index contributed by atoms with van der Waals surface area (Å²) in [5, 5.41) is 2.61. The molecule has 0 radical (unpaired) electrons. The van der Waals surface area contributed by atoms with E-state index < -0.39 is 23.3 Å². The molecule has 1 N–H and O–H groups in total. The first-order chi connectivity index (χ1) is 12.4. The van der Waals surface area contributed by atoms with Crippen LogP contribution in [0, 0.1) is 11.6 Å². The summed E-state index contributed by atoms with van der Waals surface area (Å²) < 4.78 is 34.3. The summed E-state index contributed by atoms with van der Waals surface area (Å²) in [6.07, 6.45) is 1.95. The number of rotatable bonds is 3. The van der Waals surface area contributed by atoms with Crippen molar-refractivity contribution in [3.63, 3.8) is 0 Å². The standard InChI is InChI=1S/C18H19F2N3O2S/c1-23-7-4-18(5-8-23,6-9-23)25-17(24)22-16-15(26-11-21-16)13-10-12(19)2-3-14(13)20/h2-3,10-11H,4-9H2,1H3/p+1. The first-order valence-corrected chi connectivity index (χ1v) is 9.49. The van der Waals surface area contributed by atoms with Crippen LogP contribution in [-0.4, -0.2) is 47.8 Å². The number of hydrogen-bond donors (Lipinski definition) is 1.